The number of halogens is 2. The van der Waals surface area contributed by atoms with E-state index in [1.54, 1.807) is 16.7 Å². The number of ether oxygens (including phenoxy) is 1. The zero-order valence-electron chi connectivity index (χ0n) is 21.5. The number of aromatic nitrogens is 1. The van der Waals surface area contributed by atoms with Gasteiger partial charge in [-0.2, -0.15) is 0 Å². The third-order valence-corrected chi connectivity index (χ3v) is 6.64. The molecule has 7 heteroatoms. The zero-order valence-corrected chi connectivity index (χ0v) is 23.0. The molecule has 0 aliphatic heterocycles. The number of carbonyl (C=O) groups excluding carboxylic acids is 1. The lowest BCUT2D eigenvalue weighted by molar-refractivity contribution is 0.00695. The van der Waals surface area contributed by atoms with Crippen molar-refractivity contribution < 1.29 is 9.53 Å². The highest BCUT2D eigenvalue weighted by Crippen LogP contribution is 2.28. The van der Waals surface area contributed by atoms with Gasteiger partial charge >= 0.3 is 5.97 Å². The van der Waals surface area contributed by atoms with Crippen LogP contribution < -0.4 is 11.3 Å². The van der Waals surface area contributed by atoms with Crippen LogP contribution in [0, 0.1) is 0 Å². The standard InChI is InChI=1S/C29H34Cl2N2O3/c1-6-19-8-7-9-22(16-19)29(5,32)18-25-23(30)17-24(31)26(34)33(25)15-14-20-10-12-21(13-11-20)27(35)36-28(2,3)4/h7-13,16-17H,6,14-15,18,32H2,1-5H3. The molecule has 1 atom stereocenters. The predicted molar refractivity (Wildman–Crippen MR) is 147 cm³/mol. The fourth-order valence-electron chi connectivity index (χ4n) is 4.03. The summed E-state index contributed by atoms with van der Waals surface area (Å²) < 4.78 is 7.03. The third-order valence-electron chi connectivity index (χ3n) is 6.05. The van der Waals surface area contributed by atoms with E-state index in [2.05, 4.69) is 19.1 Å². The van der Waals surface area contributed by atoms with Crippen molar-refractivity contribution in [2.24, 2.45) is 5.73 Å². The fraction of sp³-hybridized carbons (Fsp3) is 0.379. The Balaban J connectivity index is 1.85. The summed E-state index contributed by atoms with van der Waals surface area (Å²) in [6.45, 7) is 9.90. The van der Waals surface area contributed by atoms with Crippen LogP contribution in [0.3, 0.4) is 0 Å². The van der Waals surface area contributed by atoms with Crippen molar-refractivity contribution in [2.75, 3.05) is 0 Å². The molecule has 0 aliphatic rings. The highest BCUT2D eigenvalue weighted by Gasteiger charge is 2.26. The first-order valence-electron chi connectivity index (χ1n) is 12.1. The van der Waals surface area contributed by atoms with E-state index in [9.17, 15) is 9.59 Å². The van der Waals surface area contributed by atoms with E-state index in [1.165, 1.54) is 11.6 Å². The Hall–Kier alpha value is -2.60. The van der Waals surface area contributed by atoms with E-state index >= 15 is 0 Å². The highest BCUT2D eigenvalue weighted by molar-refractivity contribution is 6.34. The van der Waals surface area contributed by atoms with Crippen molar-refractivity contribution in [1.82, 2.24) is 4.57 Å². The monoisotopic (exact) mass is 528 g/mol. The molecule has 0 aliphatic carbocycles. The molecule has 0 fully saturated rings. The normalized spacial score (nSPS) is 13.3. The maximum Gasteiger partial charge on any atom is 0.338 e. The van der Waals surface area contributed by atoms with Crippen LogP contribution in [0.1, 0.15) is 67.4 Å². The Labute approximate surface area is 223 Å². The topological polar surface area (TPSA) is 74.3 Å². The Morgan fingerprint density at radius 3 is 2.25 bits per heavy atom. The number of nitrogens with two attached hydrogens (primary N) is 1. The quantitative estimate of drug-likeness (QED) is 0.346. The fourth-order valence-corrected chi connectivity index (χ4v) is 4.58. The van der Waals surface area contributed by atoms with Crippen molar-refractivity contribution in [3.05, 3.63) is 103 Å². The van der Waals surface area contributed by atoms with Gasteiger partial charge in [-0.25, -0.2) is 4.79 Å². The molecule has 0 saturated heterocycles. The van der Waals surface area contributed by atoms with Gasteiger partial charge in [0.15, 0.2) is 0 Å². The Bertz CT molecular complexity index is 1290. The van der Waals surface area contributed by atoms with Gasteiger partial charge in [0, 0.05) is 24.2 Å². The molecule has 192 valence electrons. The van der Waals surface area contributed by atoms with Gasteiger partial charge in [-0.3, -0.25) is 4.79 Å². The van der Waals surface area contributed by atoms with Crippen LogP contribution in [0.4, 0.5) is 0 Å². The van der Waals surface area contributed by atoms with Gasteiger partial charge in [-0.15, -0.1) is 0 Å². The zero-order chi connectivity index (χ0) is 26.7. The van der Waals surface area contributed by atoms with Gasteiger partial charge < -0.3 is 15.0 Å². The Kier molecular flexibility index (Phi) is 8.71. The lowest BCUT2D eigenvalue weighted by Gasteiger charge is -2.28. The first-order valence-corrected chi connectivity index (χ1v) is 12.8. The number of pyridine rings is 1. The van der Waals surface area contributed by atoms with E-state index in [-0.39, 0.29) is 16.6 Å². The molecule has 2 N–H and O–H groups in total. The summed E-state index contributed by atoms with van der Waals surface area (Å²) >= 11 is 12.8. The predicted octanol–water partition coefficient (Wildman–Crippen LogP) is 6.33. The van der Waals surface area contributed by atoms with Crippen LogP contribution in [0.25, 0.3) is 0 Å². The SMILES string of the molecule is CCc1cccc(C(C)(N)Cc2c(Cl)cc(Cl)c(=O)n2CCc2ccc(C(=O)OC(C)(C)C)cc2)c1. The minimum atomic E-state index is -0.744. The van der Waals surface area contributed by atoms with Gasteiger partial charge in [-0.1, -0.05) is 66.5 Å². The molecule has 1 unspecified atom stereocenters. The molecule has 0 spiro atoms. The van der Waals surface area contributed by atoms with Crippen molar-refractivity contribution >= 4 is 29.2 Å². The van der Waals surface area contributed by atoms with Gasteiger partial charge in [0.25, 0.3) is 5.56 Å². The maximum atomic E-state index is 13.0. The summed E-state index contributed by atoms with van der Waals surface area (Å²) in [7, 11) is 0. The minimum absolute atomic E-state index is 0.0655. The molecule has 0 saturated carbocycles. The van der Waals surface area contributed by atoms with E-state index in [0.717, 1.165) is 17.5 Å². The Morgan fingerprint density at radius 1 is 0.972 bits per heavy atom. The molecule has 0 radical (unpaired) electrons. The minimum Gasteiger partial charge on any atom is -0.456 e. The number of nitrogens with zero attached hydrogens (tertiary/aromatic N) is 1. The summed E-state index contributed by atoms with van der Waals surface area (Å²) in [5.74, 6) is -0.372. The van der Waals surface area contributed by atoms with Crippen molar-refractivity contribution in [2.45, 2.75) is 71.6 Å². The molecular weight excluding hydrogens is 495 g/mol. The highest BCUT2D eigenvalue weighted by atomic mass is 35.5. The molecule has 3 aromatic rings. The van der Waals surface area contributed by atoms with Gasteiger partial charge in [0.2, 0.25) is 0 Å². The third kappa shape index (κ3) is 7.00. The lowest BCUT2D eigenvalue weighted by Crippen LogP contribution is -2.38. The molecule has 3 rings (SSSR count). The molecule has 36 heavy (non-hydrogen) atoms. The Morgan fingerprint density at radius 2 is 1.64 bits per heavy atom. The van der Waals surface area contributed by atoms with E-state index < -0.39 is 11.1 Å². The molecular formula is C29H34Cl2N2O3. The van der Waals surface area contributed by atoms with Crippen molar-refractivity contribution in [3.8, 4) is 0 Å². The van der Waals surface area contributed by atoms with Crippen LogP contribution in [0.2, 0.25) is 10.0 Å². The van der Waals surface area contributed by atoms with E-state index in [1.807, 2.05) is 52.0 Å². The van der Waals surface area contributed by atoms with Crippen LogP contribution in [0.15, 0.2) is 59.4 Å². The number of esters is 1. The van der Waals surface area contributed by atoms with Crippen LogP contribution >= 0.6 is 23.2 Å². The van der Waals surface area contributed by atoms with E-state index in [4.69, 9.17) is 33.7 Å². The van der Waals surface area contributed by atoms with Crippen molar-refractivity contribution in [1.29, 1.82) is 0 Å². The first-order chi connectivity index (χ1) is 16.8. The largest absolute Gasteiger partial charge is 0.456 e. The second-order valence-corrected chi connectivity index (χ2v) is 11.2. The molecule has 2 aromatic carbocycles. The van der Waals surface area contributed by atoms with Crippen LogP contribution in [0.5, 0.6) is 0 Å². The van der Waals surface area contributed by atoms with Crippen LogP contribution in [-0.2, 0) is 36.1 Å². The van der Waals surface area contributed by atoms with Gasteiger partial charge in [0.1, 0.15) is 10.6 Å². The summed E-state index contributed by atoms with van der Waals surface area (Å²) in [5.41, 5.74) is 9.40. The number of aryl methyl sites for hydroxylation is 2. The van der Waals surface area contributed by atoms with Crippen molar-refractivity contribution in [3.63, 3.8) is 0 Å². The number of rotatable bonds is 8. The average Bonchev–Trinajstić information content (AvgIpc) is 2.81. The summed E-state index contributed by atoms with van der Waals surface area (Å²) in [5, 5.41) is 0.471. The molecule has 5 nitrogen and oxygen atoms in total. The first kappa shape index (κ1) is 28.0. The van der Waals surface area contributed by atoms with Gasteiger partial charge in [-0.05, 0) is 75.4 Å². The summed E-state index contributed by atoms with van der Waals surface area (Å²) in [4.78, 5) is 25.3. The van der Waals surface area contributed by atoms with Crippen LogP contribution in [-0.4, -0.2) is 16.1 Å². The number of carbonyl (C=O) groups is 1. The number of hydrogen-bond donors (Lipinski definition) is 1. The number of benzene rings is 2. The molecule has 1 heterocycles. The smallest absolute Gasteiger partial charge is 0.338 e. The molecule has 1 aromatic heterocycles. The second kappa shape index (κ2) is 11.2. The van der Waals surface area contributed by atoms with Gasteiger partial charge in [0.05, 0.1) is 10.6 Å². The maximum absolute atomic E-state index is 13.0. The summed E-state index contributed by atoms with van der Waals surface area (Å²) in [6, 6.07) is 16.8. The molecule has 0 bridgehead atoms. The average molecular weight is 530 g/mol. The number of hydrogen-bond acceptors (Lipinski definition) is 4. The summed E-state index contributed by atoms with van der Waals surface area (Å²) in [6.07, 6.45) is 1.82. The molecule has 0 amide bonds. The second-order valence-electron chi connectivity index (χ2n) is 10.3. The lowest BCUT2D eigenvalue weighted by atomic mass is 9.87. The van der Waals surface area contributed by atoms with E-state index in [0.29, 0.717) is 35.7 Å².